The number of nitrogens with one attached hydrogen (secondary N) is 2. The first-order chi connectivity index (χ1) is 55.3. The number of rotatable bonds is 32. The largest absolute Gasteiger partial charge is 0.472 e. The van der Waals surface area contributed by atoms with Crippen molar-refractivity contribution in [2.45, 2.75) is 163 Å². The number of ether oxygens (including phenoxy) is 6. The molecule has 17 N–H and O–H groups in total. The lowest BCUT2D eigenvalue weighted by atomic mass is 10.2. The average Bonchev–Trinajstić information content (AvgIpc) is 1.66. The molecular weight excluding hydrogens is 1680 g/mol. The van der Waals surface area contributed by atoms with Crippen LogP contribution < -0.4 is 56.8 Å². The molecule has 0 aromatic carbocycles. The SMILES string of the molecule is Cc1cn([C@H]2C[C@H](OP(=O)(O)OC[C@H]3O[C@@H](n4ccc(N)nc4=O)C[C@@H]3OP(=O)(O)OC[C@H]3O[C@@H](n4cc(C)c(=O)[nH]c4=O)C[C@@H]3OP(=O)(O)OC[C@H]3O[C@@H](n4cnc5c(N)ncnc54)C[C@@H]3OP(=O)(O)OC[C@H]3O[C@@H](n4ccc(N)nc4=O)C[C@@H]3OP(=O)(O)OC[C@H]3O[C@@H](n4cnc5c(N)ncnc54)C[C@@H]3O)[C@@H](CO)O2)c(=O)[nH]c1=O. The zero-order valence-electron chi connectivity index (χ0n) is 60.6. The molecule has 6 fully saturated rings. The van der Waals surface area contributed by atoms with Gasteiger partial charge in [0, 0.05) is 74.4 Å². The zero-order chi connectivity index (χ0) is 83.5. The van der Waals surface area contributed by atoms with Gasteiger partial charge >= 0.3 is 61.9 Å². The summed E-state index contributed by atoms with van der Waals surface area (Å²) in [4.78, 5) is 170. The topological polar surface area (TPSA) is 745 Å². The molecule has 14 heterocycles. The maximum Gasteiger partial charge on any atom is 0.472 e. The Morgan fingerprint density at radius 1 is 0.427 bits per heavy atom. The van der Waals surface area contributed by atoms with Crippen molar-refractivity contribution in [3.05, 3.63) is 136 Å². The van der Waals surface area contributed by atoms with E-state index in [0.717, 1.165) is 43.2 Å². The first-order valence-electron chi connectivity index (χ1n) is 35.0. The van der Waals surface area contributed by atoms with E-state index in [9.17, 15) is 86.3 Å². The van der Waals surface area contributed by atoms with Gasteiger partial charge in [0.2, 0.25) is 0 Å². The Hall–Kier alpha value is -8.35. The van der Waals surface area contributed by atoms with Crippen molar-refractivity contribution in [3.63, 3.8) is 0 Å². The number of aryl methyl sites for hydroxylation is 2. The number of aliphatic hydroxyl groups excluding tert-OH is 2. The number of hydrogen-bond donors (Lipinski definition) is 13. The van der Waals surface area contributed by atoms with E-state index in [1.54, 1.807) is 0 Å². The second-order valence-electron chi connectivity index (χ2n) is 27.2. The Balaban J connectivity index is 0.656. The van der Waals surface area contributed by atoms with Crippen LogP contribution in [0.25, 0.3) is 22.3 Å². The van der Waals surface area contributed by atoms with Gasteiger partial charge in [-0.3, -0.25) is 92.2 Å². The van der Waals surface area contributed by atoms with Crippen LogP contribution in [0.1, 0.15) is 87.0 Å². The van der Waals surface area contributed by atoms with E-state index < -0.39 is 249 Å². The van der Waals surface area contributed by atoms with E-state index in [2.05, 4.69) is 49.8 Å². The van der Waals surface area contributed by atoms with E-state index in [-0.39, 0.29) is 69.6 Å². The molecule has 8 aromatic heterocycles. The number of phosphoric acid groups is 5. The normalized spacial score (nSPS) is 30.1. The van der Waals surface area contributed by atoms with Crippen LogP contribution in [0.2, 0.25) is 0 Å². The van der Waals surface area contributed by atoms with Gasteiger partial charge in [0.15, 0.2) is 22.9 Å². The first kappa shape index (κ1) is 85.1. The minimum absolute atomic E-state index is 0.0381. The van der Waals surface area contributed by atoms with E-state index in [4.69, 9.17) is 96.6 Å². The monoisotopic (exact) mass is 1750 g/mol. The Kier molecular flexibility index (Phi) is 24.8. The number of anilines is 4. The van der Waals surface area contributed by atoms with Crippen molar-refractivity contribution in [2.24, 2.45) is 0 Å². The Labute approximate surface area is 652 Å². The molecule has 117 heavy (non-hydrogen) atoms. The van der Waals surface area contributed by atoms with Crippen LogP contribution in [0.4, 0.5) is 23.3 Å². The quantitative estimate of drug-likeness (QED) is 0.0199. The summed E-state index contributed by atoms with van der Waals surface area (Å²) in [5.41, 5.74) is 18.7. The van der Waals surface area contributed by atoms with Gasteiger partial charge in [-0.25, -0.2) is 71.9 Å². The number of aromatic amines is 2. The molecule has 14 rings (SSSR count). The molecule has 0 saturated carbocycles. The maximum atomic E-state index is 14.4. The Morgan fingerprint density at radius 3 is 1.07 bits per heavy atom. The van der Waals surface area contributed by atoms with Gasteiger partial charge in [-0.05, 0) is 26.0 Å². The standard InChI is InChI=1S/C58H75N20O34P5/c1-25-13-75(57(85)71-53(25)81)44-8-28(33(15-79)102-44)108-114(89,90)98-17-35-30(10-43(104-35)74-6-4-40(60)70-56(74)84)110-115(91,92)100-19-37-31(11-45(106-37)76-14-26(2)54(82)72-58(76)86)111-116(93,94)101-20-38-32(12-46(107-38)78-24-68-48-50(62)64-22-66-52(48)78)112-117(95,96)99-18-36-29(9-42(105-36)73-5-3-39(59)69-55(73)83)109-113(87,88)97-16-34-27(80)7-41(103-34)77-23-67-47-49(61)63-21-65-51(47)77/h3-6,13-14,21-24,27-38,41-46,79-80H,7-12,15-20H2,1-2H3,(H,87,88)(H,89,90)(H,91,92)(H,93,94)(H,95,96)(H2,59,69,83)(H2,60,70,84)(H2,61,63,65)(H2,62,64,66)(H,71,81,85)(H,72,82,86)/t27-,28-,29-,30-,31-,32-,33+,34+,35+,36+,37+,38+,41+,42+,43+,44+,45+,46+/m0/s1. The van der Waals surface area contributed by atoms with Crippen molar-refractivity contribution < 1.29 is 131 Å². The van der Waals surface area contributed by atoms with Crippen LogP contribution in [-0.2, 0) is 96.5 Å². The van der Waals surface area contributed by atoms with Gasteiger partial charge in [0.1, 0.15) is 140 Å². The second-order valence-corrected chi connectivity index (χ2v) is 34.2. The highest BCUT2D eigenvalue weighted by molar-refractivity contribution is 7.48. The smallest absolute Gasteiger partial charge is 0.394 e. The fourth-order valence-corrected chi connectivity index (χ4v) is 18.4. The van der Waals surface area contributed by atoms with Crippen molar-refractivity contribution in [1.82, 2.24) is 77.2 Å². The summed E-state index contributed by atoms with van der Waals surface area (Å²) in [6, 6.07) is 2.43. The van der Waals surface area contributed by atoms with E-state index >= 15 is 0 Å². The molecule has 6 aliphatic heterocycles. The molecule has 5 unspecified atom stereocenters. The third-order valence-electron chi connectivity index (χ3n) is 19.3. The highest BCUT2D eigenvalue weighted by Gasteiger charge is 2.51. The summed E-state index contributed by atoms with van der Waals surface area (Å²) in [5, 5.41) is 21.1. The Bertz CT molecular complexity index is 5680. The highest BCUT2D eigenvalue weighted by atomic mass is 31.2. The predicted molar refractivity (Wildman–Crippen MR) is 385 cm³/mol. The lowest BCUT2D eigenvalue weighted by Crippen LogP contribution is -2.33. The summed E-state index contributed by atoms with van der Waals surface area (Å²) >= 11 is 0. The zero-order valence-corrected chi connectivity index (χ0v) is 65.1. The average molecular weight is 1750 g/mol. The van der Waals surface area contributed by atoms with Gasteiger partial charge < -0.3 is 86.0 Å². The summed E-state index contributed by atoms with van der Waals surface area (Å²) in [7, 11) is -27.3. The number of hydrogen-bond acceptors (Lipinski definition) is 41. The maximum absolute atomic E-state index is 14.4. The molecule has 6 saturated heterocycles. The summed E-state index contributed by atoms with van der Waals surface area (Å²) in [6.07, 6.45) is -20.0. The van der Waals surface area contributed by atoms with Crippen LogP contribution in [0, 0.1) is 13.8 Å². The van der Waals surface area contributed by atoms with Gasteiger partial charge in [-0.2, -0.15) is 9.97 Å². The molecule has 0 spiro atoms. The van der Waals surface area contributed by atoms with Crippen molar-refractivity contribution >= 4 is 84.7 Å². The van der Waals surface area contributed by atoms with Gasteiger partial charge in [-0.15, -0.1) is 0 Å². The first-order valence-corrected chi connectivity index (χ1v) is 42.5. The summed E-state index contributed by atoms with van der Waals surface area (Å²) < 4.78 is 168. The predicted octanol–water partition coefficient (Wildman–Crippen LogP) is -2.18. The third kappa shape index (κ3) is 19.4. The Morgan fingerprint density at radius 2 is 0.726 bits per heavy atom. The summed E-state index contributed by atoms with van der Waals surface area (Å²) in [6.45, 7) is -3.14. The van der Waals surface area contributed by atoms with Crippen LogP contribution >= 0.6 is 39.1 Å². The molecule has 636 valence electrons. The highest BCUT2D eigenvalue weighted by Crippen LogP contribution is 2.56. The van der Waals surface area contributed by atoms with Crippen LogP contribution in [-0.4, -0.2) is 225 Å². The number of imidazole rings is 2. The number of aliphatic hydroxyl groups is 2. The number of phosphoric ester groups is 5. The molecule has 54 nitrogen and oxygen atoms in total. The molecular formula is C58H75N20O34P5. The molecule has 0 radical (unpaired) electrons. The fourth-order valence-electron chi connectivity index (χ4n) is 13.6. The minimum atomic E-state index is -5.63. The molecule has 8 aromatic rings. The number of aromatic nitrogens is 16. The second kappa shape index (κ2) is 34.0. The number of nitrogens with two attached hydrogens (primary N) is 4. The molecule has 0 bridgehead atoms. The molecule has 0 aliphatic carbocycles. The van der Waals surface area contributed by atoms with Crippen molar-refractivity contribution in [2.75, 3.05) is 62.6 Å². The number of nitrogens with zero attached hydrogens (tertiary/aromatic N) is 14. The fraction of sp³-hybridized carbons (Fsp3) is 0.552. The van der Waals surface area contributed by atoms with Crippen molar-refractivity contribution in [1.29, 1.82) is 0 Å². The van der Waals surface area contributed by atoms with Crippen molar-refractivity contribution in [3.8, 4) is 0 Å². The third-order valence-corrected chi connectivity index (χ3v) is 24.3. The van der Waals surface area contributed by atoms with Gasteiger partial charge in [0.25, 0.3) is 11.1 Å². The molecule has 0 amide bonds. The van der Waals surface area contributed by atoms with E-state index in [1.807, 2.05) is 0 Å². The van der Waals surface area contributed by atoms with Gasteiger partial charge in [0.05, 0.1) is 58.4 Å². The number of fused-ring (bicyclic) bond motifs is 2. The lowest BCUT2D eigenvalue weighted by Gasteiger charge is -2.26. The molecule has 6 aliphatic rings. The van der Waals surface area contributed by atoms with Crippen LogP contribution in [0.3, 0.4) is 0 Å². The number of nitrogen functional groups attached to an aromatic ring is 4. The summed E-state index contributed by atoms with van der Waals surface area (Å²) in [5.74, 6) is -0.417. The molecule has 23 atom stereocenters. The van der Waals surface area contributed by atoms with E-state index in [1.165, 1.54) is 60.3 Å². The lowest BCUT2D eigenvalue weighted by molar-refractivity contribution is -0.0651. The number of H-pyrrole nitrogens is 2. The van der Waals surface area contributed by atoms with Crippen LogP contribution in [0.15, 0.2) is 91.0 Å². The van der Waals surface area contributed by atoms with Gasteiger partial charge in [-0.1, -0.05) is 0 Å². The van der Waals surface area contributed by atoms with E-state index in [0.29, 0.717) is 0 Å². The van der Waals surface area contributed by atoms with Crippen LogP contribution in [0.5, 0.6) is 0 Å². The molecule has 59 heteroatoms. The minimum Gasteiger partial charge on any atom is -0.394 e.